The highest BCUT2D eigenvalue weighted by Crippen LogP contribution is 2.37. The smallest absolute Gasteiger partial charge is 0.349 e. The fourth-order valence-electron chi connectivity index (χ4n) is 4.10. The van der Waals surface area contributed by atoms with Gasteiger partial charge in [-0.3, -0.25) is 0 Å². The molecule has 3 rings (SSSR count). The largest absolute Gasteiger partial charge is 0.488 e. The fourth-order valence-corrected chi connectivity index (χ4v) is 4.10. The normalized spacial score (nSPS) is 24.6. The Kier molecular flexibility index (Phi) is 7.67. The summed E-state index contributed by atoms with van der Waals surface area (Å²) in [6.45, 7) is 10.6. The van der Waals surface area contributed by atoms with Crippen LogP contribution in [0.3, 0.4) is 0 Å². The molecule has 0 bridgehead atoms. The fraction of sp³-hybridized carbons (Fsp3) is 0.500. The Hall–Kier alpha value is -2.92. The van der Waals surface area contributed by atoms with Crippen molar-refractivity contribution in [1.82, 2.24) is 0 Å². The first-order valence-electron chi connectivity index (χ1n) is 10.7. The Bertz CT molecular complexity index is 1140. The highest BCUT2D eigenvalue weighted by Gasteiger charge is 2.50. The number of hydrogen-bond donors (Lipinski definition) is 2. The van der Waals surface area contributed by atoms with Crippen LogP contribution >= 0.6 is 0 Å². The number of hydrogen-bond acceptors (Lipinski definition) is 10. The molecule has 4 atom stereocenters. The summed E-state index contributed by atoms with van der Waals surface area (Å²) in [6.07, 6.45) is -2.99. The lowest BCUT2D eigenvalue weighted by atomic mass is 9.89. The molecule has 1 fully saturated rings. The van der Waals surface area contributed by atoms with Crippen LogP contribution in [-0.4, -0.2) is 67.0 Å². The second-order valence-electron chi connectivity index (χ2n) is 8.46. The second-order valence-corrected chi connectivity index (χ2v) is 8.46. The van der Waals surface area contributed by atoms with Crippen molar-refractivity contribution >= 4 is 16.7 Å². The zero-order chi connectivity index (χ0) is 25.2. The number of fused-ring (bicyclic) bond motifs is 1. The summed E-state index contributed by atoms with van der Waals surface area (Å²) in [4.78, 5) is 17.7. The van der Waals surface area contributed by atoms with Crippen molar-refractivity contribution in [3.05, 3.63) is 46.3 Å². The molecule has 1 aliphatic rings. The Labute approximate surface area is 197 Å². The van der Waals surface area contributed by atoms with Crippen molar-refractivity contribution in [2.45, 2.75) is 57.9 Å². The molecule has 0 spiro atoms. The highest BCUT2D eigenvalue weighted by atomic mass is 16.7. The lowest BCUT2D eigenvalue weighted by Gasteiger charge is -2.46. The Morgan fingerprint density at radius 1 is 1.26 bits per heavy atom. The van der Waals surface area contributed by atoms with Crippen molar-refractivity contribution in [3.8, 4) is 11.5 Å². The molecule has 2 heterocycles. The standard InChI is InChI=1S/C24H31NO9/c1-8-11-31-20-14-9-10-15(12(2)19(14)33-22(28)16(20)13(3)25-30-7)32-23-18(27)17(26)21(29-6)24(4,5)34-23/h8-10,17-18,21,23,26-27H,1,11H2,2-7H3/b25-13+/t17-,18+,21+,23+/m0/s1. The minimum absolute atomic E-state index is 0.130. The zero-order valence-electron chi connectivity index (χ0n) is 20.2. The van der Waals surface area contributed by atoms with E-state index in [9.17, 15) is 15.0 Å². The van der Waals surface area contributed by atoms with Crippen LogP contribution in [0, 0.1) is 6.92 Å². The molecule has 1 aliphatic heterocycles. The average Bonchev–Trinajstić information content (AvgIpc) is 2.77. The number of aryl methyl sites for hydroxylation is 1. The molecule has 0 saturated carbocycles. The van der Waals surface area contributed by atoms with Gasteiger partial charge in [-0.05, 0) is 39.8 Å². The summed E-state index contributed by atoms with van der Waals surface area (Å²) in [7, 11) is 2.81. The van der Waals surface area contributed by atoms with Gasteiger partial charge >= 0.3 is 5.63 Å². The lowest BCUT2D eigenvalue weighted by Crippen LogP contribution is -2.63. The third-order valence-electron chi connectivity index (χ3n) is 5.70. The molecule has 1 aromatic heterocycles. The van der Waals surface area contributed by atoms with Gasteiger partial charge in [0.05, 0.1) is 16.7 Å². The maximum Gasteiger partial charge on any atom is 0.349 e. The number of ether oxygens (including phenoxy) is 4. The van der Waals surface area contributed by atoms with E-state index < -0.39 is 35.8 Å². The average molecular weight is 478 g/mol. The number of nitrogens with zero attached hydrogens (tertiary/aromatic N) is 1. The van der Waals surface area contributed by atoms with Crippen LogP contribution in [0.1, 0.15) is 31.9 Å². The first-order chi connectivity index (χ1) is 16.1. The van der Waals surface area contributed by atoms with E-state index in [1.807, 2.05) is 0 Å². The first kappa shape index (κ1) is 25.7. The third kappa shape index (κ3) is 4.67. The molecule has 1 aromatic carbocycles. The van der Waals surface area contributed by atoms with Gasteiger partial charge in [-0.25, -0.2) is 4.79 Å². The van der Waals surface area contributed by atoms with Gasteiger partial charge in [0.25, 0.3) is 0 Å². The monoisotopic (exact) mass is 477 g/mol. The molecule has 10 nitrogen and oxygen atoms in total. The molecule has 34 heavy (non-hydrogen) atoms. The van der Waals surface area contributed by atoms with Crippen molar-refractivity contribution in [3.63, 3.8) is 0 Å². The van der Waals surface area contributed by atoms with Gasteiger partial charge in [0.15, 0.2) is 0 Å². The quantitative estimate of drug-likeness (QED) is 0.255. The molecule has 0 unspecified atom stereocenters. The van der Waals surface area contributed by atoms with E-state index in [1.54, 1.807) is 45.9 Å². The number of aliphatic hydroxyl groups excluding tert-OH is 2. The molecule has 186 valence electrons. The van der Waals surface area contributed by atoms with E-state index in [4.69, 9.17) is 28.2 Å². The predicted molar refractivity (Wildman–Crippen MR) is 125 cm³/mol. The Balaban J connectivity index is 2.08. The van der Waals surface area contributed by atoms with Gasteiger partial charge < -0.3 is 38.4 Å². The molecular formula is C24H31NO9. The summed E-state index contributed by atoms with van der Waals surface area (Å²) in [5.41, 5.74) is -0.478. The van der Waals surface area contributed by atoms with E-state index in [-0.39, 0.29) is 29.2 Å². The summed E-state index contributed by atoms with van der Waals surface area (Å²) in [5.74, 6) is 0.566. The minimum Gasteiger partial charge on any atom is -0.488 e. The van der Waals surface area contributed by atoms with Gasteiger partial charge in [0, 0.05) is 12.7 Å². The number of oxime groups is 1. The summed E-state index contributed by atoms with van der Waals surface area (Å²) >= 11 is 0. The number of rotatable bonds is 8. The van der Waals surface area contributed by atoms with Crippen molar-refractivity contribution in [2.75, 3.05) is 20.8 Å². The maximum absolute atomic E-state index is 12.9. The van der Waals surface area contributed by atoms with Gasteiger partial charge in [-0.2, -0.15) is 0 Å². The SMILES string of the molecule is C=CCOc1c(/C(C)=N/OC)c(=O)oc2c(C)c(O[C@@H]3OC(C)(C)[C@H](OC)[C@@H](O)[C@H]3O)ccc12. The predicted octanol–water partition coefficient (Wildman–Crippen LogP) is 2.29. The Morgan fingerprint density at radius 3 is 2.59 bits per heavy atom. The Morgan fingerprint density at radius 2 is 1.97 bits per heavy atom. The molecule has 0 radical (unpaired) electrons. The topological polar surface area (TPSA) is 129 Å². The molecule has 0 amide bonds. The number of benzene rings is 1. The number of aliphatic hydroxyl groups is 2. The second kappa shape index (κ2) is 10.1. The lowest BCUT2D eigenvalue weighted by molar-refractivity contribution is -0.306. The van der Waals surface area contributed by atoms with Crippen LogP contribution in [0.15, 0.2) is 39.2 Å². The van der Waals surface area contributed by atoms with E-state index in [1.165, 1.54) is 14.2 Å². The highest BCUT2D eigenvalue weighted by molar-refractivity contribution is 6.05. The van der Waals surface area contributed by atoms with Crippen molar-refractivity contribution in [2.24, 2.45) is 5.16 Å². The van der Waals surface area contributed by atoms with Gasteiger partial charge in [0.1, 0.15) is 54.7 Å². The summed E-state index contributed by atoms with van der Waals surface area (Å²) in [5, 5.41) is 25.4. The van der Waals surface area contributed by atoms with Crippen LogP contribution in [0.5, 0.6) is 11.5 Å². The van der Waals surface area contributed by atoms with Gasteiger partial charge in [0.2, 0.25) is 6.29 Å². The summed E-state index contributed by atoms with van der Waals surface area (Å²) < 4.78 is 28.5. The zero-order valence-corrected chi connectivity index (χ0v) is 20.2. The van der Waals surface area contributed by atoms with Crippen LogP contribution < -0.4 is 15.1 Å². The molecular weight excluding hydrogens is 446 g/mol. The van der Waals surface area contributed by atoms with E-state index >= 15 is 0 Å². The molecule has 2 aromatic rings. The van der Waals surface area contributed by atoms with Gasteiger partial charge in [-0.1, -0.05) is 17.8 Å². The first-order valence-corrected chi connectivity index (χ1v) is 10.7. The summed E-state index contributed by atoms with van der Waals surface area (Å²) in [6, 6.07) is 3.31. The third-order valence-corrected chi connectivity index (χ3v) is 5.70. The maximum atomic E-state index is 12.9. The van der Waals surface area contributed by atoms with Crippen LogP contribution in [0.25, 0.3) is 11.0 Å². The van der Waals surface area contributed by atoms with E-state index in [2.05, 4.69) is 11.7 Å². The van der Waals surface area contributed by atoms with Crippen LogP contribution in [0.4, 0.5) is 0 Å². The minimum atomic E-state index is -1.37. The van der Waals surface area contributed by atoms with Crippen molar-refractivity contribution < 1.29 is 38.4 Å². The molecule has 2 N–H and O–H groups in total. The van der Waals surface area contributed by atoms with Gasteiger partial charge in [-0.15, -0.1) is 0 Å². The van der Waals surface area contributed by atoms with Crippen molar-refractivity contribution in [1.29, 1.82) is 0 Å². The molecule has 10 heteroatoms. The van der Waals surface area contributed by atoms with Crippen LogP contribution in [0.2, 0.25) is 0 Å². The van der Waals surface area contributed by atoms with E-state index in [0.29, 0.717) is 16.7 Å². The number of methoxy groups -OCH3 is 1. The molecule has 0 aliphatic carbocycles. The molecule has 1 saturated heterocycles. The van der Waals surface area contributed by atoms with E-state index in [0.717, 1.165) is 0 Å². The van der Waals surface area contributed by atoms with Crippen LogP contribution in [-0.2, 0) is 14.3 Å².